The number of halogens is 1. The maximum Gasteiger partial charge on any atom is 0.316 e. The number of rotatable bonds is 7. The van der Waals surface area contributed by atoms with Gasteiger partial charge in [0.25, 0.3) is 5.91 Å². The Morgan fingerprint density at radius 2 is 1.69 bits per heavy atom. The van der Waals surface area contributed by atoms with Gasteiger partial charge in [-0.3, -0.25) is 9.59 Å². The van der Waals surface area contributed by atoms with E-state index in [0.29, 0.717) is 5.69 Å². The fraction of sp³-hybridized carbons (Fsp3) is 0.125. The predicted molar refractivity (Wildman–Crippen MR) is 102 cm³/mol. The summed E-state index contributed by atoms with van der Waals surface area (Å²) in [4.78, 5) is 24.3. The van der Waals surface area contributed by atoms with Gasteiger partial charge in [-0.1, -0.05) is 15.9 Å². The monoisotopic (exact) mass is 458 g/mol. The molecule has 0 aromatic heterocycles. The molecule has 3 N–H and O–H groups in total. The van der Waals surface area contributed by atoms with Crippen molar-refractivity contribution >= 4 is 55.3 Å². The molecule has 2 aromatic carbocycles. The second-order valence-electron chi connectivity index (χ2n) is 5.02. The van der Waals surface area contributed by atoms with Gasteiger partial charge in [0.05, 0.1) is 10.6 Å². The number of benzene rings is 2. The van der Waals surface area contributed by atoms with Gasteiger partial charge in [-0.2, -0.15) is 0 Å². The van der Waals surface area contributed by atoms with Crippen molar-refractivity contribution < 1.29 is 22.7 Å². The van der Waals surface area contributed by atoms with E-state index in [1.54, 1.807) is 0 Å². The maximum absolute atomic E-state index is 11.8. The first-order valence-electron chi connectivity index (χ1n) is 7.21. The zero-order valence-corrected chi connectivity index (χ0v) is 16.6. The fourth-order valence-electron chi connectivity index (χ4n) is 1.79. The van der Waals surface area contributed by atoms with Gasteiger partial charge in [-0.15, -0.1) is 11.8 Å². The van der Waals surface area contributed by atoms with Crippen LogP contribution in [-0.2, 0) is 24.3 Å². The van der Waals surface area contributed by atoms with E-state index in [4.69, 9.17) is 9.88 Å². The summed E-state index contributed by atoms with van der Waals surface area (Å²) in [5.74, 6) is -0.967. The molecule has 2 rings (SSSR count). The molecule has 0 fully saturated rings. The highest BCUT2D eigenvalue weighted by atomic mass is 79.9. The third-order valence-electron chi connectivity index (χ3n) is 3.00. The van der Waals surface area contributed by atoms with E-state index in [1.807, 2.05) is 24.3 Å². The minimum absolute atomic E-state index is 0.0631. The Labute approximate surface area is 163 Å². The van der Waals surface area contributed by atoms with Gasteiger partial charge in [0.2, 0.25) is 10.0 Å². The van der Waals surface area contributed by atoms with E-state index in [2.05, 4.69) is 21.2 Å². The van der Waals surface area contributed by atoms with Gasteiger partial charge >= 0.3 is 5.97 Å². The largest absolute Gasteiger partial charge is 0.455 e. The van der Waals surface area contributed by atoms with Gasteiger partial charge in [0.15, 0.2) is 6.61 Å². The van der Waals surface area contributed by atoms with Crippen LogP contribution in [0.5, 0.6) is 0 Å². The summed E-state index contributed by atoms with van der Waals surface area (Å²) < 4.78 is 28.2. The summed E-state index contributed by atoms with van der Waals surface area (Å²) in [5, 5.41) is 7.48. The number of carbonyl (C=O) groups is 2. The minimum atomic E-state index is -3.79. The van der Waals surface area contributed by atoms with Crippen LogP contribution in [0.25, 0.3) is 0 Å². The number of carbonyl (C=O) groups excluding carboxylic acids is 2. The number of nitrogens with one attached hydrogen (secondary N) is 1. The molecular weight excluding hydrogens is 444 g/mol. The minimum Gasteiger partial charge on any atom is -0.455 e. The average molecular weight is 459 g/mol. The maximum atomic E-state index is 11.8. The molecular formula is C16H15BrN2O5S2. The highest BCUT2D eigenvalue weighted by molar-refractivity contribution is 9.10. The van der Waals surface area contributed by atoms with Crippen molar-refractivity contribution in [3.63, 3.8) is 0 Å². The van der Waals surface area contributed by atoms with Crippen molar-refractivity contribution in [2.75, 3.05) is 17.7 Å². The first kappa shape index (κ1) is 20.4. The topological polar surface area (TPSA) is 116 Å². The number of esters is 1. The molecule has 0 saturated carbocycles. The number of amides is 1. The van der Waals surface area contributed by atoms with Gasteiger partial charge in [0, 0.05) is 15.1 Å². The Morgan fingerprint density at radius 3 is 2.27 bits per heavy atom. The summed E-state index contributed by atoms with van der Waals surface area (Å²) >= 11 is 4.63. The smallest absolute Gasteiger partial charge is 0.316 e. The molecule has 0 atom stereocenters. The first-order chi connectivity index (χ1) is 12.2. The second kappa shape index (κ2) is 9.17. The Morgan fingerprint density at radius 1 is 1.08 bits per heavy atom. The van der Waals surface area contributed by atoms with Crippen LogP contribution in [0.3, 0.4) is 0 Å². The molecule has 10 heteroatoms. The number of hydrogen-bond donors (Lipinski definition) is 2. The van der Waals surface area contributed by atoms with Crippen LogP contribution in [0, 0.1) is 0 Å². The van der Waals surface area contributed by atoms with Crippen LogP contribution < -0.4 is 10.5 Å². The molecule has 138 valence electrons. The van der Waals surface area contributed by atoms with Crippen molar-refractivity contribution in [1.82, 2.24) is 0 Å². The van der Waals surface area contributed by atoms with E-state index in [9.17, 15) is 18.0 Å². The zero-order chi connectivity index (χ0) is 19.2. The number of anilines is 1. The Hall–Kier alpha value is -1.88. The summed E-state index contributed by atoms with van der Waals surface area (Å²) in [7, 11) is -3.79. The van der Waals surface area contributed by atoms with Crippen LogP contribution in [0.15, 0.2) is 62.8 Å². The lowest BCUT2D eigenvalue weighted by Crippen LogP contribution is -2.21. The number of sulfonamides is 1. The van der Waals surface area contributed by atoms with E-state index in [-0.39, 0.29) is 10.6 Å². The van der Waals surface area contributed by atoms with Gasteiger partial charge in [-0.05, 0) is 48.5 Å². The van der Waals surface area contributed by atoms with Crippen molar-refractivity contribution in [3.8, 4) is 0 Å². The lowest BCUT2D eigenvalue weighted by molar-refractivity contribution is -0.144. The van der Waals surface area contributed by atoms with Crippen LogP contribution >= 0.6 is 27.7 Å². The average Bonchev–Trinajstić information content (AvgIpc) is 2.59. The molecule has 7 nitrogen and oxygen atoms in total. The van der Waals surface area contributed by atoms with E-state index in [0.717, 1.165) is 9.37 Å². The van der Waals surface area contributed by atoms with Gasteiger partial charge in [0.1, 0.15) is 0 Å². The van der Waals surface area contributed by atoms with Crippen molar-refractivity contribution in [2.45, 2.75) is 9.79 Å². The molecule has 0 heterocycles. The predicted octanol–water partition coefficient (Wildman–Crippen LogP) is 2.37. The first-order valence-corrected chi connectivity index (χ1v) is 10.5. The fourth-order valence-corrected chi connectivity index (χ4v) is 3.26. The van der Waals surface area contributed by atoms with Crippen molar-refractivity contribution in [3.05, 3.63) is 53.0 Å². The number of primary sulfonamides is 1. The number of ether oxygens (including phenoxy) is 1. The highest BCUT2D eigenvalue weighted by Gasteiger charge is 2.10. The SMILES string of the molecule is NS(=O)(=O)c1ccc(NC(=O)COC(=O)CSc2ccc(Br)cc2)cc1. The highest BCUT2D eigenvalue weighted by Crippen LogP contribution is 2.20. The standard InChI is InChI=1S/C16H15BrN2O5S2/c17-11-1-5-13(6-2-11)25-10-16(21)24-9-15(20)19-12-3-7-14(8-4-12)26(18,22)23/h1-8H,9-10H2,(H,19,20)(H2,18,22,23). The number of nitrogens with two attached hydrogens (primary N) is 1. The second-order valence-corrected chi connectivity index (χ2v) is 8.55. The van der Waals surface area contributed by atoms with E-state index < -0.39 is 28.5 Å². The molecule has 0 unspecified atom stereocenters. The molecule has 0 radical (unpaired) electrons. The Kier molecular flexibility index (Phi) is 7.21. The molecule has 0 spiro atoms. The lowest BCUT2D eigenvalue weighted by Gasteiger charge is -2.07. The summed E-state index contributed by atoms with van der Waals surface area (Å²) in [6.07, 6.45) is 0. The summed E-state index contributed by atoms with van der Waals surface area (Å²) in [6.45, 7) is -0.434. The molecule has 0 aliphatic heterocycles. The van der Waals surface area contributed by atoms with Crippen LogP contribution in [-0.4, -0.2) is 32.7 Å². The molecule has 0 aliphatic carbocycles. The molecule has 0 bridgehead atoms. The zero-order valence-electron chi connectivity index (χ0n) is 13.3. The quantitative estimate of drug-likeness (QED) is 0.485. The van der Waals surface area contributed by atoms with Gasteiger partial charge in [-0.25, -0.2) is 13.6 Å². The molecule has 0 saturated heterocycles. The molecule has 2 aromatic rings. The molecule has 26 heavy (non-hydrogen) atoms. The molecule has 0 aliphatic rings. The molecule has 1 amide bonds. The van der Waals surface area contributed by atoms with Crippen molar-refractivity contribution in [1.29, 1.82) is 0 Å². The normalized spacial score (nSPS) is 11.0. The number of hydrogen-bond acceptors (Lipinski definition) is 6. The van der Waals surface area contributed by atoms with Crippen LogP contribution in [0.2, 0.25) is 0 Å². The Bertz CT molecular complexity index is 884. The van der Waals surface area contributed by atoms with Crippen LogP contribution in [0.1, 0.15) is 0 Å². The van der Waals surface area contributed by atoms with E-state index in [1.165, 1.54) is 36.0 Å². The lowest BCUT2D eigenvalue weighted by atomic mass is 10.3. The third-order valence-corrected chi connectivity index (χ3v) is 5.44. The third kappa shape index (κ3) is 6.79. The number of thioether (sulfide) groups is 1. The van der Waals surface area contributed by atoms with Crippen LogP contribution in [0.4, 0.5) is 5.69 Å². The summed E-state index contributed by atoms with van der Waals surface area (Å²) in [6, 6.07) is 12.8. The van der Waals surface area contributed by atoms with Crippen molar-refractivity contribution in [2.24, 2.45) is 5.14 Å². The Balaban J connectivity index is 1.75. The van der Waals surface area contributed by atoms with Gasteiger partial charge < -0.3 is 10.1 Å². The summed E-state index contributed by atoms with van der Waals surface area (Å²) in [5.41, 5.74) is 0.364. The van der Waals surface area contributed by atoms with E-state index >= 15 is 0 Å².